The Labute approximate surface area is 221 Å². The number of nitrogens with one attached hydrogen (secondary N) is 1. The molecule has 0 spiro atoms. The maximum Gasteiger partial charge on any atom is 0.318 e. The van der Waals surface area contributed by atoms with Crippen molar-refractivity contribution < 1.29 is 14.6 Å². The Morgan fingerprint density at radius 2 is 2.08 bits per heavy atom. The van der Waals surface area contributed by atoms with Crippen molar-refractivity contribution in [3.8, 4) is 12.1 Å². The monoisotopic (exact) mass is 521 g/mol. The van der Waals surface area contributed by atoms with E-state index < -0.39 is 12.1 Å². The second kappa shape index (κ2) is 10.3. The lowest BCUT2D eigenvalue weighted by Crippen LogP contribution is -2.67. The number of piperidine rings is 1. The van der Waals surface area contributed by atoms with Gasteiger partial charge in [0, 0.05) is 42.2 Å². The number of aliphatic hydroxyl groups is 1. The van der Waals surface area contributed by atoms with Crippen LogP contribution in [0.4, 0.5) is 5.82 Å². The fraction of sp³-hybridized carbons (Fsp3) is 0.615. The van der Waals surface area contributed by atoms with Crippen molar-refractivity contribution in [1.29, 1.82) is 5.26 Å². The molecule has 12 nitrogen and oxygen atoms in total. The summed E-state index contributed by atoms with van der Waals surface area (Å²) in [5.74, 6) is 1.36. The van der Waals surface area contributed by atoms with Crippen LogP contribution in [-0.4, -0.2) is 58.8 Å². The van der Waals surface area contributed by atoms with E-state index in [0.717, 1.165) is 31.6 Å². The second-order valence-corrected chi connectivity index (χ2v) is 11.1. The van der Waals surface area contributed by atoms with Gasteiger partial charge in [0.25, 0.3) is 5.91 Å². The van der Waals surface area contributed by atoms with Gasteiger partial charge in [-0.3, -0.25) is 10.1 Å². The first-order chi connectivity index (χ1) is 18.2. The molecule has 1 aromatic heterocycles. The summed E-state index contributed by atoms with van der Waals surface area (Å²) in [5.41, 5.74) is 11.9. The van der Waals surface area contributed by atoms with Gasteiger partial charge >= 0.3 is 6.01 Å². The van der Waals surface area contributed by atoms with Gasteiger partial charge < -0.3 is 26.2 Å². The number of amides is 1. The molecule has 38 heavy (non-hydrogen) atoms. The molecule has 12 heteroatoms. The molecule has 1 amide bonds. The number of anilines is 1. The highest BCUT2D eigenvalue weighted by Gasteiger charge is 2.57. The van der Waals surface area contributed by atoms with Crippen LogP contribution in [0, 0.1) is 35.0 Å². The topological polar surface area (TPSA) is 188 Å². The number of hydrogen-bond donors (Lipinski definition) is 4. The van der Waals surface area contributed by atoms with Gasteiger partial charge in [0.05, 0.1) is 24.3 Å². The lowest BCUT2D eigenvalue weighted by Gasteiger charge is -2.62. The first-order valence-corrected chi connectivity index (χ1v) is 13.1. The van der Waals surface area contributed by atoms with Gasteiger partial charge in [-0.05, 0) is 58.1 Å². The number of aliphatic imine (C=N–C) groups is 2. The molecule has 4 saturated carbocycles. The predicted octanol–water partition coefficient (Wildman–Crippen LogP) is 1.14. The summed E-state index contributed by atoms with van der Waals surface area (Å²) in [7, 11) is 0. The first kappa shape index (κ1) is 26.1. The first-order valence-electron chi connectivity index (χ1n) is 13.1. The molecule has 5 aliphatic rings. The largest absolute Gasteiger partial charge is 0.463 e. The summed E-state index contributed by atoms with van der Waals surface area (Å²) >= 11 is 0. The fourth-order valence-corrected chi connectivity index (χ4v) is 5.66. The zero-order valence-corrected chi connectivity index (χ0v) is 21.6. The van der Waals surface area contributed by atoms with E-state index in [-0.39, 0.29) is 40.7 Å². The molecule has 5 fully saturated rings. The third-order valence-electron chi connectivity index (χ3n) is 8.17. The van der Waals surface area contributed by atoms with Crippen LogP contribution in [0.15, 0.2) is 27.4 Å². The highest BCUT2D eigenvalue weighted by molar-refractivity contribution is 5.98. The molecule has 1 aliphatic heterocycles. The van der Waals surface area contributed by atoms with Crippen LogP contribution in [0.5, 0.6) is 6.01 Å². The molecule has 1 unspecified atom stereocenters. The molecular formula is C26H35N9O3. The number of allylic oxidation sites excluding steroid dienone is 1. The lowest BCUT2D eigenvalue weighted by atomic mass is 9.50. The molecule has 6 rings (SSSR count). The Hall–Kier alpha value is -3.56. The average molecular weight is 522 g/mol. The third-order valence-corrected chi connectivity index (χ3v) is 8.17. The molecule has 202 valence electrons. The van der Waals surface area contributed by atoms with Crippen LogP contribution in [0.1, 0.15) is 57.4 Å². The molecule has 1 saturated heterocycles. The quantitative estimate of drug-likeness (QED) is 0.151. The van der Waals surface area contributed by atoms with Crippen LogP contribution >= 0.6 is 0 Å². The van der Waals surface area contributed by atoms with Crippen LogP contribution in [0.3, 0.4) is 0 Å². The number of aliphatic hydroxyl groups excluding tert-OH is 1. The Bertz CT molecular complexity index is 1190. The zero-order valence-electron chi connectivity index (χ0n) is 21.6. The standard InChI is InChI=1S/C26H35N9O3/c1-14(28)21(22(29)36)33-23(30-2)16-3-5-35(6-4-16)20-8-19(24(37)34-26-9-15(10-26)11-26)31-25(32-20)38-13-18-7-17(18)12-27/h8,15-18,24,34,37H,2-7,9-11,13,28H2,1H3,(H2,29,36)/b21-14+,33-23-/t15?,17-,18+,24?,26?/m0/s1. The number of nitriles is 1. The van der Waals surface area contributed by atoms with Crippen molar-refractivity contribution in [1.82, 2.24) is 15.3 Å². The van der Waals surface area contributed by atoms with E-state index in [0.29, 0.717) is 49.9 Å². The van der Waals surface area contributed by atoms with Gasteiger partial charge in [0.15, 0.2) is 0 Å². The van der Waals surface area contributed by atoms with Gasteiger partial charge in [-0.1, -0.05) is 0 Å². The number of carbonyl (C=O) groups excluding carboxylic acids is 1. The number of amidine groups is 1. The predicted molar refractivity (Wildman–Crippen MR) is 141 cm³/mol. The summed E-state index contributed by atoms with van der Waals surface area (Å²) in [6.45, 7) is 6.84. The zero-order chi connectivity index (χ0) is 27.0. The van der Waals surface area contributed by atoms with Crippen LogP contribution < -0.4 is 26.4 Å². The second-order valence-electron chi connectivity index (χ2n) is 11.1. The van der Waals surface area contributed by atoms with E-state index in [2.05, 4.69) is 43.0 Å². The molecule has 0 radical (unpaired) electrons. The van der Waals surface area contributed by atoms with E-state index in [9.17, 15) is 9.90 Å². The van der Waals surface area contributed by atoms with Crippen LogP contribution in [0.2, 0.25) is 0 Å². The Balaban J connectivity index is 1.30. The summed E-state index contributed by atoms with van der Waals surface area (Å²) in [6.07, 6.45) is 4.56. The summed E-state index contributed by atoms with van der Waals surface area (Å²) in [4.78, 5) is 31.3. The van der Waals surface area contributed by atoms with Gasteiger partial charge in [-0.2, -0.15) is 15.2 Å². The van der Waals surface area contributed by atoms with Gasteiger partial charge in [-0.15, -0.1) is 0 Å². The van der Waals surface area contributed by atoms with Crippen molar-refractivity contribution in [2.45, 2.75) is 57.2 Å². The lowest BCUT2D eigenvalue weighted by molar-refractivity contribution is -0.114. The minimum atomic E-state index is -0.923. The summed E-state index contributed by atoms with van der Waals surface area (Å²) in [5, 5.41) is 23.4. The van der Waals surface area contributed by atoms with Crippen molar-refractivity contribution in [3.05, 3.63) is 23.2 Å². The number of primary amides is 1. The fourth-order valence-electron chi connectivity index (χ4n) is 5.66. The Morgan fingerprint density at radius 1 is 1.37 bits per heavy atom. The normalized spacial score (nSPS) is 29.8. The SMILES string of the molecule is C=N/C(=N\C(C(N)=O)=C(/C)N)C1CCN(c2cc(C(O)NC34CC(C3)C4)nc(OC[C@H]3C[C@H]3C#N)n2)CC1. The van der Waals surface area contributed by atoms with Crippen molar-refractivity contribution in [2.75, 3.05) is 24.6 Å². The van der Waals surface area contributed by atoms with Crippen molar-refractivity contribution in [2.24, 2.45) is 45.1 Å². The third kappa shape index (κ3) is 5.35. The molecule has 0 aromatic carbocycles. The molecule has 6 N–H and O–H groups in total. The van der Waals surface area contributed by atoms with E-state index >= 15 is 0 Å². The molecule has 2 heterocycles. The van der Waals surface area contributed by atoms with E-state index in [1.54, 1.807) is 13.0 Å². The Morgan fingerprint density at radius 3 is 2.61 bits per heavy atom. The molecule has 3 atom stereocenters. The van der Waals surface area contributed by atoms with E-state index in [1.807, 2.05) is 0 Å². The molecule has 2 bridgehead atoms. The van der Waals surface area contributed by atoms with Gasteiger partial charge in [-0.25, -0.2) is 9.98 Å². The van der Waals surface area contributed by atoms with Gasteiger partial charge in [0.1, 0.15) is 23.6 Å². The number of ether oxygens (including phenoxy) is 1. The summed E-state index contributed by atoms with van der Waals surface area (Å²) in [6, 6.07) is 4.27. The van der Waals surface area contributed by atoms with Crippen molar-refractivity contribution >= 4 is 24.3 Å². The minimum Gasteiger partial charge on any atom is -0.463 e. The number of hydrogen-bond acceptors (Lipinski definition) is 10. The number of aromatic nitrogens is 2. The number of rotatable bonds is 10. The Kier molecular flexibility index (Phi) is 7.07. The smallest absolute Gasteiger partial charge is 0.318 e. The average Bonchev–Trinajstić information content (AvgIpc) is 3.63. The minimum absolute atomic E-state index is 0.00318. The van der Waals surface area contributed by atoms with E-state index in [4.69, 9.17) is 21.5 Å². The maximum atomic E-state index is 11.7. The molecular weight excluding hydrogens is 486 g/mol. The summed E-state index contributed by atoms with van der Waals surface area (Å²) < 4.78 is 5.89. The highest BCUT2D eigenvalue weighted by atomic mass is 16.5. The number of nitrogens with two attached hydrogens (primary N) is 2. The van der Waals surface area contributed by atoms with Crippen LogP contribution in [0.25, 0.3) is 0 Å². The number of carbonyl (C=O) groups is 1. The van der Waals surface area contributed by atoms with Crippen molar-refractivity contribution in [3.63, 3.8) is 0 Å². The van der Waals surface area contributed by atoms with Crippen LogP contribution in [-0.2, 0) is 4.79 Å². The van der Waals surface area contributed by atoms with E-state index in [1.165, 1.54) is 0 Å². The molecule has 1 aromatic rings. The highest BCUT2D eigenvalue weighted by Crippen LogP contribution is 2.57. The number of nitrogens with zero attached hydrogens (tertiary/aromatic N) is 6. The van der Waals surface area contributed by atoms with Gasteiger partial charge in [0.2, 0.25) is 0 Å². The maximum absolute atomic E-state index is 11.7. The molecule has 4 aliphatic carbocycles.